The van der Waals surface area contributed by atoms with Crippen LogP contribution in [0.2, 0.25) is 0 Å². The molecular formula is C11H21N5. The van der Waals surface area contributed by atoms with E-state index in [-0.39, 0.29) is 0 Å². The topological polar surface area (TPSA) is 55.6 Å². The van der Waals surface area contributed by atoms with Crippen molar-refractivity contribution in [2.75, 3.05) is 6.54 Å². The Kier molecular flexibility index (Phi) is 4.27. The van der Waals surface area contributed by atoms with Gasteiger partial charge in [-0.05, 0) is 35.7 Å². The lowest BCUT2D eigenvalue weighted by Gasteiger charge is -2.21. The van der Waals surface area contributed by atoms with Gasteiger partial charge in [-0.3, -0.25) is 0 Å². The second-order valence-electron chi connectivity index (χ2n) is 4.56. The lowest BCUT2D eigenvalue weighted by atomic mass is 9.89. The maximum atomic E-state index is 4.08. The molecule has 1 aromatic rings. The van der Waals surface area contributed by atoms with Gasteiger partial charge in [0.15, 0.2) is 5.82 Å². The van der Waals surface area contributed by atoms with Crippen LogP contribution in [-0.2, 0) is 13.1 Å². The van der Waals surface area contributed by atoms with E-state index in [9.17, 15) is 0 Å². The molecule has 16 heavy (non-hydrogen) atoms. The molecule has 1 N–H and O–H groups in total. The zero-order chi connectivity index (χ0) is 11.2. The maximum Gasteiger partial charge on any atom is 0.165 e. The van der Waals surface area contributed by atoms with Crippen molar-refractivity contribution >= 4 is 0 Å². The highest BCUT2D eigenvalue weighted by atomic mass is 15.5. The van der Waals surface area contributed by atoms with Gasteiger partial charge >= 0.3 is 0 Å². The first-order valence-electron chi connectivity index (χ1n) is 6.36. The molecule has 5 nitrogen and oxygen atoms in total. The van der Waals surface area contributed by atoms with Gasteiger partial charge in [0.05, 0.1) is 6.54 Å². The summed E-state index contributed by atoms with van der Waals surface area (Å²) in [6.45, 7) is 4.81. The van der Waals surface area contributed by atoms with Gasteiger partial charge in [0, 0.05) is 6.54 Å². The number of nitrogens with one attached hydrogen (secondary N) is 1. The highest BCUT2D eigenvalue weighted by Gasteiger charge is 2.16. The van der Waals surface area contributed by atoms with E-state index in [2.05, 4.69) is 27.8 Å². The predicted molar refractivity (Wildman–Crippen MR) is 61.8 cm³/mol. The Bertz CT molecular complexity index is 303. The fraction of sp³-hybridized carbons (Fsp3) is 0.909. The summed E-state index contributed by atoms with van der Waals surface area (Å²) in [7, 11) is 0. The molecule has 0 spiro atoms. The van der Waals surface area contributed by atoms with E-state index in [1.807, 2.05) is 4.68 Å². The smallest absolute Gasteiger partial charge is 0.165 e. The van der Waals surface area contributed by atoms with Crippen molar-refractivity contribution in [1.29, 1.82) is 0 Å². The summed E-state index contributed by atoms with van der Waals surface area (Å²) in [6.07, 6.45) is 6.81. The summed E-state index contributed by atoms with van der Waals surface area (Å²) < 4.78 is 1.97. The lowest BCUT2D eigenvalue weighted by molar-refractivity contribution is 0.301. The number of hydrogen-bond acceptors (Lipinski definition) is 4. The van der Waals surface area contributed by atoms with Crippen LogP contribution in [0.3, 0.4) is 0 Å². The van der Waals surface area contributed by atoms with Crippen LogP contribution in [-0.4, -0.2) is 26.8 Å². The summed E-state index contributed by atoms with van der Waals surface area (Å²) in [4.78, 5) is 0. The van der Waals surface area contributed by atoms with Crippen LogP contribution in [0, 0.1) is 5.92 Å². The standard InChI is InChI=1S/C11H21N5/c1-2-12-8-11-13-14-15-16(11)9-10-6-4-3-5-7-10/h10,12H,2-9H2,1H3. The number of nitrogens with zero attached hydrogens (tertiary/aromatic N) is 4. The maximum absolute atomic E-state index is 4.08. The quantitative estimate of drug-likeness (QED) is 0.819. The van der Waals surface area contributed by atoms with E-state index < -0.39 is 0 Å². The molecule has 1 aliphatic carbocycles. The molecule has 0 amide bonds. The highest BCUT2D eigenvalue weighted by molar-refractivity contribution is 4.81. The summed E-state index contributed by atoms with van der Waals surface area (Å²) >= 11 is 0. The third kappa shape index (κ3) is 3.01. The molecule has 90 valence electrons. The van der Waals surface area contributed by atoms with Crippen LogP contribution in [0.5, 0.6) is 0 Å². The first kappa shape index (κ1) is 11.5. The largest absolute Gasteiger partial charge is 0.310 e. The molecule has 1 heterocycles. The fourth-order valence-corrected chi connectivity index (χ4v) is 2.34. The predicted octanol–water partition coefficient (Wildman–Crippen LogP) is 1.36. The van der Waals surface area contributed by atoms with Crippen molar-refractivity contribution < 1.29 is 0 Å². The van der Waals surface area contributed by atoms with Crippen LogP contribution in [0.25, 0.3) is 0 Å². The second kappa shape index (κ2) is 5.94. The zero-order valence-corrected chi connectivity index (χ0v) is 10.0. The van der Waals surface area contributed by atoms with Gasteiger partial charge in [-0.1, -0.05) is 26.2 Å². The molecule has 1 aliphatic rings. The van der Waals surface area contributed by atoms with E-state index in [1.54, 1.807) is 0 Å². The Balaban J connectivity index is 1.89. The minimum atomic E-state index is 0.774. The van der Waals surface area contributed by atoms with Crippen molar-refractivity contribution in [2.24, 2.45) is 5.92 Å². The number of hydrogen-bond donors (Lipinski definition) is 1. The highest BCUT2D eigenvalue weighted by Crippen LogP contribution is 2.24. The van der Waals surface area contributed by atoms with Crippen molar-refractivity contribution in [3.05, 3.63) is 5.82 Å². The van der Waals surface area contributed by atoms with Crippen molar-refractivity contribution in [3.8, 4) is 0 Å². The molecule has 0 aliphatic heterocycles. The third-order valence-electron chi connectivity index (χ3n) is 3.30. The Labute approximate surface area is 96.6 Å². The number of tetrazole rings is 1. The zero-order valence-electron chi connectivity index (χ0n) is 10.0. The van der Waals surface area contributed by atoms with Crippen molar-refractivity contribution in [2.45, 2.75) is 52.1 Å². The Morgan fingerprint density at radius 3 is 2.88 bits per heavy atom. The summed E-state index contributed by atoms with van der Waals surface area (Å²) in [5.41, 5.74) is 0. The SMILES string of the molecule is CCNCc1nnnn1CC1CCCCC1. The number of rotatable bonds is 5. The van der Waals surface area contributed by atoms with Crippen LogP contribution < -0.4 is 5.32 Å². The molecule has 0 atom stereocenters. The van der Waals surface area contributed by atoms with Gasteiger partial charge in [-0.15, -0.1) is 5.10 Å². The summed E-state index contributed by atoms with van der Waals surface area (Å²) in [5, 5.41) is 15.2. The molecule has 0 radical (unpaired) electrons. The van der Waals surface area contributed by atoms with E-state index in [0.29, 0.717) is 0 Å². The summed E-state index contributed by atoms with van der Waals surface area (Å²) in [5.74, 6) is 1.74. The van der Waals surface area contributed by atoms with E-state index in [4.69, 9.17) is 0 Å². The van der Waals surface area contributed by atoms with Gasteiger partial charge in [0.2, 0.25) is 0 Å². The Morgan fingerprint density at radius 1 is 1.31 bits per heavy atom. The molecule has 0 bridgehead atoms. The first-order valence-corrected chi connectivity index (χ1v) is 6.36. The molecule has 1 saturated carbocycles. The minimum Gasteiger partial charge on any atom is -0.310 e. The van der Waals surface area contributed by atoms with Gasteiger partial charge < -0.3 is 5.32 Å². The molecular weight excluding hydrogens is 202 g/mol. The lowest BCUT2D eigenvalue weighted by Crippen LogP contribution is -2.21. The molecule has 2 rings (SSSR count). The Morgan fingerprint density at radius 2 is 2.12 bits per heavy atom. The monoisotopic (exact) mass is 223 g/mol. The average molecular weight is 223 g/mol. The minimum absolute atomic E-state index is 0.774. The first-order chi connectivity index (χ1) is 7.90. The van der Waals surface area contributed by atoms with Crippen LogP contribution in [0.15, 0.2) is 0 Å². The van der Waals surface area contributed by atoms with E-state index in [1.165, 1.54) is 32.1 Å². The van der Waals surface area contributed by atoms with Gasteiger partial charge in [-0.25, -0.2) is 4.68 Å². The molecule has 0 unspecified atom stereocenters. The van der Waals surface area contributed by atoms with Crippen molar-refractivity contribution in [3.63, 3.8) is 0 Å². The molecule has 5 heteroatoms. The van der Waals surface area contributed by atoms with Gasteiger partial charge in [0.25, 0.3) is 0 Å². The molecule has 1 fully saturated rings. The third-order valence-corrected chi connectivity index (χ3v) is 3.30. The average Bonchev–Trinajstić information content (AvgIpc) is 2.75. The summed E-state index contributed by atoms with van der Waals surface area (Å²) in [6, 6.07) is 0. The van der Waals surface area contributed by atoms with Crippen LogP contribution >= 0.6 is 0 Å². The normalized spacial score (nSPS) is 17.8. The van der Waals surface area contributed by atoms with Crippen LogP contribution in [0.1, 0.15) is 44.9 Å². The molecule has 0 saturated heterocycles. The van der Waals surface area contributed by atoms with Gasteiger partial charge in [-0.2, -0.15) is 0 Å². The van der Waals surface area contributed by atoms with E-state index >= 15 is 0 Å². The van der Waals surface area contributed by atoms with Crippen LogP contribution in [0.4, 0.5) is 0 Å². The molecule has 1 aromatic heterocycles. The second-order valence-corrected chi connectivity index (χ2v) is 4.56. The van der Waals surface area contributed by atoms with Crippen molar-refractivity contribution in [1.82, 2.24) is 25.5 Å². The molecule has 0 aromatic carbocycles. The Hall–Kier alpha value is -0.970. The van der Waals surface area contributed by atoms with E-state index in [0.717, 1.165) is 31.4 Å². The van der Waals surface area contributed by atoms with Gasteiger partial charge in [0.1, 0.15) is 0 Å². The fourth-order valence-electron chi connectivity index (χ4n) is 2.34. The number of aromatic nitrogens is 4.